The van der Waals surface area contributed by atoms with E-state index in [1.165, 1.54) is 51.7 Å². The number of methoxy groups -OCH3 is 1. The van der Waals surface area contributed by atoms with Crippen LogP contribution < -0.4 is 5.32 Å². The van der Waals surface area contributed by atoms with Crippen LogP contribution in [0.4, 0.5) is 0 Å². The molecule has 3 heteroatoms. The maximum Gasteiger partial charge on any atom is 0.0502 e. The Morgan fingerprint density at radius 2 is 2.18 bits per heavy atom. The van der Waals surface area contributed by atoms with Crippen molar-refractivity contribution in [2.24, 2.45) is 5.92 Å². The lowest BCUT2D eigenvalue weighted by molar-refractivity contribution is 0.0702. The summed E-state index contributed by atoms with van der Waals surface area (Å²) in [5.74, 6) is 0.757. The lowest BCUT2D eigenvalue weighted by Gasteiger charge is -2.36. The topological polar surface area (TPSA) is 24.5 Å². The van der Waals surface area contributed by atoms with Gasteiger partial charge in [0.2, 0.25) is 0 Å². The SMILES string of the molecule is COCC1CCCN(C(C)CCNC2CC2)C1. The van der Waals surface area contributed by atoms with E-state index in [1.54, 1.807) is 0 Å². The molecule has 1 aliphatic carbocycles. The molecule has 100 valence electrons. The molecule has 0 aromatic carbocycles. The Morgan fingerprint density at radius 3 is 2.88 bits per heavy atom. The molecule has 1 saturated heterocycles. The average molecular weight is 240 g/mol. The molecule has 1 heterocycles. The van der Waals surface area contributed by atoms with Crippen LogP contribution in [0.2, 0.25) is 0 Å². The Bertz CT molecular complexity index is 216. The normalized spacial score (nSPS) is 28.2. The molecule has 1 aliphatic heterocycles. The number of nitrogens with one attached hydrogen (secondary N) is 1. The summed E-state index contributed by atoms with van der Waals surface area (Å²) in [6.45, 7) is 7.02. The summed E-state index contributed by atoms with van der Waals surface area (Å²) in [7, 11) is 1.82. The minimum absolute atomic E-state index is 0.723. The largest absolute Gasteiger partial charge is 0.384 e. The van der Waals surface area contributed by atoms with Crippen molar-refractivity contribution >= 4 is 0 Å². The van der Waals surface area contributed by atoms with Gasteiger partial charge in [0.05, 0.1) is 6.61 Å². The molecule has 2 aliphatic rings. The molecule has 17 heavy (non-hydrogen) atoms. The van der Waals surface area contributed by atoms with Crippen molar-refractivity contribution in [1.82, 2.24) is 10.2 Å². The van der Waals surface area contributed by atoms with Gasteiger partial charge >= 0.3 is 0 Å². The van der Waals surface area contributed by atoms with E-state index in [1.807, 2.05) is 7.11 Å². The predicted molar refractivity (Wildman–Crippen MR) is 71.3 cm³/mol. The third-order valence-electron chi connectivity index (χ3n) is 4.15. The van der Waals surface area contributed by atoms with Gasteiger partial charge in [0.25, 0.3) is 0 Å². The maximum absolute atomic E-state index is 5.29. The summed E-state index contributed by atoms with van der Waals surface area (Å²) in [6, 6.07) is 1.57. The van der Waals surface area contributed by atoms with Gasteiger partial charge in [-0.25, -0.2) is 0 Å². The predicted octanol–water partition coefficient (Wildman–Crippen LogP) is 1.88. The summed E-state index contributed by atoms with van der Waals surface area (Å²) in [6.07, 6.45) is 6.77. The van der Waals surface area contributed by atoms with Crippen molar-refractivity contribution in [1.29, 1.82) is 0 Å². The molecule has 3 nitrogen and oxygen atoms in total. The number of hydrogen-bond donors (Lipinski definition) is 1. The van der Waals surface area contributed by atoms with Gasteiger partial charge in [-0.1, -0.05) is 0 Å². The van der Waals surface area contributed by atoms with Gasteiger partial charge in [-0.15, -0.1) is 0 Å². The number of nitrogens with zero attached hydrogens (tertiary/aromatic N) is 1. The summed E-state index contributed by atoms with van der Waals surface area (Å²) >= 11 is 0. The van der Waals surface area contributed by atoms with Crippen LogP contribution in [0.15, 0.2) is 0 Å². The van der Waals surface area contributed by atoms with Gasteiger partial charge in [0.1, 0.15) is 0 Å². The van der Waals surface area contributed by atoms with Gasteiger partial charge < -0.3 is 15.0 Å². The number of hydrogen-bond acceptors (Lipinski definition) is 3. The summed E-state index contributed by atoms with van der Waals surface area (Å²) in [5, 5.41) is 3.61. The van der Waals surface area contributed by atoms with E-state index in [0.29, 0.717) is 0 Å². The van der Waals surface area contributed by atoms with Crippen LogP contribution in [-0.4, -0.2) is 50.3 Å². The standard InChI is InChI=1S/C14H28N2O/c1-12(7-8-15-14-5-6-14)16-9-3-4-13(10-16)11-17-2/h12-15H,3-11H2,1-2H3. The van der Waals surface area contributed by atoms with Gasteiger partial charge in [0.15, 0.2) is 0 Å². The Hall–Kier alpha value is -0.120. The van der Waals surface area contributed by atoms with E-state index >= 15 is 0 Å². The zero-order valence-electron chi connectivity index (χ0n) is 11.5. The van der Waals surface area contributed by atoms with E-state index in [-0.39, 0.29) is 0 Å². The van der Waals surface area contributed by atoms with Crippen LogP contribution in [0.5, 0.6) is 0 Å². The van der Waals surface area contributed by atoms with Crippen molar-refractivity contribution in [2.75, 3.05) is 33.4 Å². The number of piperidine rings is 1. The van der Waals surface area contributed by atoms with E-state index in [0.717, 1.165) is 24.6 Å². The second-order valence-electron chi connectivity index (χ2n) is 5.82. The first-order chi connectivity index (χ1) is 8.29. The van der Waals surface area contributed by atoms with E-state index in [4.69, 9.17) is 4.74 Å². The molecule has 1 N–H and O–H groups in total. The Kier molecular flexibility index (Phi) is 5.26. The second kappa shape index (κ2) is 6.72. The lowest BCUT2D eigenvalue weighted by atomic mass is 9.97. The van der Waals surface area contributed by atoms with Crippen LogP contribution in [-0.2, 0) is 4.74 Å². The van der Waals surface area contributed by atoms with Crippen LogP contribution >= 0.6 is 0 Å². The smallest absolute Gasteiger partial charge is 0.0502 e. The van der Waals surface area contributed by atoms with Crippen molar-refractivity contribution in [3.8, 4) is 0 Å². The molecular weight excluding hydrogens is 212 g/mol. The molecule has 2 rings (SSSR count). The van der Waals surface area contributed by atoms with Crippen molar-refractivity contribution in [3.63, 3.8) is 0 Å². The lowest BCUT2D eigenvalue weighted by Crippen LogP contribution is -2.43. The molecule has 0 aromatic heterocycles. The fraction of sp³-hybridized carbons (Fsp3) is 1.00. The summed E-state index contributed by atoms with van der Waals surface area (Å²) in [5.41, 5.74) is 0. The molecule has 0 amide bonds. The molecule has 0 radical (unpaired) electrons. The fourth-order valence-electron chi connectivity index (χ4n) is 2.84. The number of likely N-dealkylation sites (tertiary alicyclic amines) is 1. The Labute approximate surface area is 106 Å². The maximum atomic E-state index is 5.29. The van der Waals surface area contributed by atoms with Crippen molar-refractivity contribution in [2.45, 2.75) is 51.1 Å². The quantitative estimate of drug-likeness (QED) is 0.735. The second-order valence-corrected chi connectivity index (χ2v) is 5.82. The van der Waals surface area contributed by atoms with Gasteiger partial charge in [-0.2, -0.15) is 0 Å². The van der Waals surface area contributed by atoms with Crippen molar-refractivity contribution < 1.29 is 4.74 Å². The minimum Gasteiger partial charge on any atom is -0.384 e. The third-order valence-corrected chi connectivity index (χ3v) is 4.15. The fourth-order valence-corrected chi connectivity index (χ4v) is 2.84. The third kappa shape index (κ3) is 4.57. The van der Waals surface area contributed by atoms with Crippen LogP contribution in [0, 0.1) is 5.92 Å². The number of rotatable bonds is 7. The summed E-state index contributed by atoms with van der Waals surface area (Å²) in [4.78, 5) is 2.65. The molecule has 0 aromatic rings. The minimum atomic E-state index is 0.723. The van der Waals surface area contributed by atoms with Crippen LogP contribution in [0.1, 0.15) is 39.0 Å². The van der Waals surface area contributed by atoms with Crippen molar-refractivity contribution in [3.05, 3.63) is 0 Å². The summed E-state index contributed by atoms with van der Waals surface area (Å²) < 4.78 is 5.29. The zero-order chi connectivity index (χ0) is 12.1. The van der Waals surface area contributed by atoms with Gasteiger partial charge in [0, 0.05) is 25.7 Å². The highest BCUT2D eigenvalue weighted by molar-refractivity contribution is 4.82. The Morgan fingerprint density at radius 1 is 1.35 bits per heavy atom. The molecule has 0 spiro atoms. The Balaban J connectivity index is 1.63. The van der Waals surface area contributed by atoms with E-state index < -0.39 is 0 Å². The number of ether oxygens (including phenoxy) is 1. The average Bonchev–Trinajstić information content (AvgIpc) is 3.14. The van der Waals surface area contributed by atoms with E-state index in [2.05, 4.69) is 17.1 Å². The highest BCUT2D eigenvalue weighted by atomic mass is 16.5. The molecule has 2 fully saturated rings. The zero-order valence-corrected chi connectivity index (χ0v) is 11.5. The van der Waals surface area contributed by atoms with Crippen LogP contribution in [0.3, 0.4) is 0 Å². The first-order valence-corrected chi connectivity index (χ1v) is 7.26. The van der Waals surface area contributed by atoms with Crippen LogP contribution in [0.25, 0.3) is 0 Å². The molecule has 2 unspecified atom stereocenters. The van der Waals surface area contributed by atoms with Gasteiger partial charge in [-0.3, -0.25) is 0 Å². The molecule has 2 atom stereocenters. The molecule has 0 bridgehead atoms. The van der Waals surface area contributed by atoms with E-state index in [9.17, 15) is 0 Å². The first kappa shape index (κ1) is 13.3. The highest BCUT2D eigenvalue weighted by Gasteiger charge is 2.24. The first-order valence-electron chi connectivity index (χ1n) is 7.26. The highest BCUT2D eigenvalue weighted by Crippen LogP contribution is 2.21. The molecule has 1 saturated carbocycles. The van der Waals surface area contributed by atoms with Gasteiger partial charge in [-0.05, 0) is 58.0 Å². The molecular formula is C14H28N2O. The monoisotopic (exact) mass is 240 g/mol.